The van der Waals surface area contributed by atoms with Crippen LogP contribution in [0.15, 0.2) is 0 Å². The van der Waals surface area contributed by atoms with E-state index in [0.29, 0.717) is 17.4 Å². The molecular weight excluding hydrogens is 348 g/mol. The Labute approximate surface area is 174 Å². The molecule has 0 N–H and O–H groups in total. The molecular formula is C23H52N2OSi. The van der Waals surface area contributed by atoms with Crippen LogP contribution in [0.3, 0.4) is 0 Å². The van der Waals surface area contributed by atoms with Crippen LogP contribution in [0.2, 0.25) is 6.04 Å². The van der Waals surface area contributed by atoms with Gasteiger partial charge in [-0.15, -0.1) is 0 Å². The fourth-order valence-electron chi connectivity index (χ4n) is 3.80. The highest BCUT2D eigenvalue weighted by atomic mass is 28.2. The maximum atomic E-state index is 6.43. The minimum atomic E-state index is -0.438. The Morgan fingerprint density at radius 3 is 1.89 bits per heavy atom. The SMILES string of the molecule is CCCCCCC(C)C(C)O[SiH2]CC(C)(CCCN(C)C)CCCN(C)C. The van der Waals surface area contributed by atoms with Gasteiger partial charge in [-0.05, 0) is 97.7 Å². The third kappa shape index (κ3) is 15.7. The van der Waals surface area contributed by atoms with Crippen molar-refractivity contribution in [3.63, 3.8) is 0 Å². The molecule has 0 amide bonds. The minimum Gasteiger partial charge on any atom is -0.421 e. The van der Waals surface area contributed by atoms with E-state index in [1.807, 2.05) is 0 Å². The molecule has 0 aliphatic heterocycles. The second-order valence-electron chi connectivity index (χ2n) is 9.78. The summed E-state index contributed by atoms with van der Waals surface area (Å²) in [5.74, 6) is 0.711. The molecule has 0 bridgehead atoms. The van der Waals surface area contributed by atoms with Crippen molar-refractivity contribution in [3.8, 4) is 0 Å². The number of rotatable bonds is 18. The first-order chi connectivity index (χ1) is 12.7. The maximum Gasteiger partial charge on any atom is 0.162 e. The zero-order valence-electron chi connectivity index (χ0n) is 20.1. The fourth-order valence-corrected chi connectivity index (χ4v) is 5.61. The molecule has 0 aromatic rings. The number of hydrogen-bond donors (Lipinski definition) is 0. The van der Waals surface area contributed by atoms with E-state index in [4.69, 9.17) is 4.43 Å². The summed E-state index contributed by atoms with van der Waals surface area (Å²) in [6, 6.07) is 1.33. The van der Waals surface area contributed by atoms with Crippen molar-refractivity contribution in [1.82, 2.24) is 9.80 Å². The second kappa shape index (κ2) is 16.0. The standard InChI is InChI=1S/C23H52N2OSi/c1-9-10-11-12-15-21(2)22(3)26-27-20-23(4,16-13-18-24(5)6)17-14-19-25(7)8/h21-22H,9-20,27H2,1-8H3. The normalized spacial score (nSPS) is 15.3. The van der Waals surface area contributed by atoms with Gasteiger partial charge in [0.05, 0.1) is 0 Å². The smallest absolute Gasteiger partial charge is 0.162 e. The second-order valence-corrected chi connectivity index (χ2v) is 11.0. The van der Waals surface area contributed by atoms with Crippen molar-refractivity contribution in [2.75, 3.05) is 41.3 Å². The topological polar surface area (TPSA) is 15.7 Å². The van der Waals surface area contributed by atoms with Crippen LogP contribution in [0, 0.1) is 11.3 Å². The lowest BCUT2D eigenvalue weighted by Crippen LogP contribution is -2.27. The van der Waals surface area contributed by atoms with Crippen molar-refractivity contribution in [3.05, 3.63) is 0 Å². The molecule has 164 valence electrons. The first kappa shape index (κ1) is 27.1. The van der Waals surface area contributed by atoms with Crippen LogP contribution in [-0.2, 0) is 4.43 Å². The van der Waals surface area contributed by atoms with Crippen LogP contribution >= 0.6 is 0 Å². The van der Waals surface area contributed by atoms with Crippen molar-refractivity contribution >= 4 is 9.76 Å². The van der Waals surface area contributed by atoms with E-state index in [0.717, 1.165) is 0 Å². The van der Waals surface area contributed by atoms with E-state index in [9.17, 15) is 0 Å². The van der Waals surface area contributed by atoms with Gasteiger partial charge in [0.2, 0.25) is 0 Å². The van der Waals surface area contributed by atoms with Gasteiger partial charge in [0, 0.05) is 6.10 Å². The molecule has 0 aromatic heterocycles. The molecule has 0 aromatic carbocycles. The number of unbranched alkanes of at least 4 members (excludes halogenated alkanes) is 3. The predicted octanol–water partition coefficient (Wildman–Crippen LogP) is 5.19. The summed E-state index contributed by atoms with van der Waals surface area (Å²) >= 11 is 0. The number of nitrogens with zero attached hydrogens (tertiary/aromatic N) is 2. The van der Waals surface area contributed by atoms with Gasteiger partial charge in [-0.25, -0.2) is 0 Å². The first-order valence-corrected chi connectivity index (χ1v) is 13.2. The Morgan fingerprint density at radius 2 is 1.41 bits per heavy atom. The van der Waals surface area contributed by atoms with Crippen LogP contribution in [0.25, 0.3) is 0 Å². The van der Waals surface area contributed by atoms with Gasteiger partial charge in [-0.1, -0.05) is 46.5 Å². The van der Waals surface area contributed by atoms with Crippen LogP contribution in [-0.4, -0.2) is 66.9 Å². The lowest BCUT2D eigenvalue weighted by molar-refractivity contribution is 0.153. The minimum absolute atomic E-state index is 0.438. The lowest BCUT2D eigenvalue weighted by Gasteiger charge is -2.32. The van der Waals surface area contributed by atoms with Crippen LogP contribution in [0.5, 0.6) is 0 Å². The average molecular weight is 401 g/mol. The van der Waals surface area contributed by atoms with E-state index in [-0.39, 0.29) is 0 Å². The van der Waals surface area contributed by atoms with Crippen LogP contribution in [0.4, 0.5) is 0 Å². The van der Waals surface area contributed by atoms with Crippen molar-refractivity contribution in [1.29, 1.82) is 0 Å². The van der Waals surface area contributed by atoms with E-state index < -0.39 is 9.76 Å². The molecule has 0 saturated carbocycles. The summed E-state index contributed by atoms with van der Waals surface area (Å²) in [4.78, 5) is 4.63. The molecule has 0 aliphatic rings. The highest BCUT2D eigenvalue weighted by Gasteiger charge is 2.24. The largest absolute Gasteiger partial charge is 0.421 e. The zero-order chi connectivity index (χ0) is 20.7. The summed E-state index contributed by atoms with van der Waals surface area (Å²) in [5.41, 5.74) is 0.475. The van der Waals surface area contributed by atoms with Gasteiger partial charge in [0.1, 0.15) is 0 Å². The van der Waals surface area contributed by atoms with Crippen molar-refractivity contribution in [2.45, 2.75) is 97.6 Å². The monoisotopic (exact) mass is 400 g/mol. The molecule has 2 unspecified atom stereocenters. The van der Waals surface area contributed by atoms with Crippen molar-refractivity contribution < 1.29 is 4.43 Å². The molecule has 27 heavy (non-hydrogen) atoms. The average Bonchev–Trinajstić information content (AvgIpc) is 2.57. The molecule has 2 atom stereocenters. The molecule has 0 radical (unpaired) electrons. The Hall–Kier alpha value is 0.0969. The number of hydrogen-bond acceptors (Lipinski definition) is 3. The lowest BCUT2D eigenvalue weighted by atomic mass is 9.82. The summed E-state index contributed by atoms with van der Waals surface area (Å²) in [7, 11) is 8.30. The summed E-state index contributed by atoms with van der Waals surface area (Å²) in [5, 5.41) is 0. The summed E-state index contributed by atoms with van der Waals surface area (Å²) in [6.07, 6.45) is 12.6. The van der Waals surface area contributed by atoms with Gasteiger partial charge in [-0.2, -0.15) is 0 Å². The maximum absolute atomic E-state index is 6.43. The molecule has 0 heterocycles. The molecule has 0 spiro atoms. The highest BCUT2D eigenvalue weighted by Crippen LogP contribution is 2.34. The molecule has 3 nitrogen and oxygen atoms in total. The van der Waals surface area contributed by atoms with E-state index >= 15 is 0 Å². The highest BCUT2D eigenvalue weighted by molar-refractivity contribution is 6.27. The van der Waals surface area contributed by atoms with Gasteiger partial charge < -0.3 is 14.2 Å². The molecule has 0 fully saturated rings. The zero-order valence-corrected chi connectivity index (χ0v) is 21.6. The molecule has 4 heteroatoms. The Morgan fingerprint density at radius 1 is 0.852 bits per heavy atom. The predicted molar refractivity (Wildman–Crippen MR) is 126 cm³/mol. The van der Waals surface area contributed by atoms with Crippen LogP contribution in [0.1, 0.15) is 85.5 Å². The Kier molecular flexibility index (Phi) is 16.0. The van der Waals surface area contributed by atoms with Crippen LogP contribution < -0.4 is 0 Å². The quantitative estimate of drug-likeness (QED) is 0.233. The summed E-state index contributed by atoms with van der Waals surface area (Å²) in [6.45, 7) is 11.9. The van der Waals surface area contributed by atoms with Gasteiger partial charge in [0.25, 0.3) is 0 Å². The third-order valence-corrected chi connectivity index (χ3v) is 8.34. The van der Waals surface area contributed by atoms with Gasteiger partial charge in [-0.3, -0.25) is 0 Å². The Balaban J connectivity index is 4.30. The van der Waals surface area contributed by atoms with Crippen molar-refractivity contribution in [2.24, 2.45) is 11.3 Å². The third-order valence-electron chi connectivity index (χ3n) is 6.17. The molecule has 0 rings (SSSR count). The van der Waals surface area contributed by atoms with Gasteiger partial charge in [0.15, 0.2) is 9.76 Å². The first-order valence-electron chi connectivity index (χ1n) is 11.6. The Bertz CT molecular complexity index is 322. The van der Waals surface area contributed by atoms with E-state index in [1.54, 1.807) is 0 Å². The van der Waals surface area contributed by atoms with E-state index in [2.05, 4.69) is 65.7 Å². The molecule has 0 saturated heterocycles. The summed E-state index contributed by atoms with van der Waals surface area (Å²) < 4.78 is 6.43. The molecule has 0 aliphatic carbocycles. The van der Waals surface area contributed by atoms with Gasteiger partial charge >= 0.3 is 0 Å². The fraction of sp³-hybridized carbons (Fsp3) is 1.00. The van der Waals surface area contributed by atoms with E-state index in [1.165, 1.54) is 76.9 Å².